The summed E-state index contributed by atoms with van der Waals surface area (Å²) >= 11 is 9.63. The number of amides is 1. The molecule has 1 heterocycles. The van der Waals surface area contributed by atoms with E-state index in [0.29, 0.717) is 28.5 Å². The molecule has 1 amide bonds. The van der Waals surface area contributed by atoms with E-state index >= 15 is 0 Å². The molecule has 5 nitrogen and oxygen atoms in total. The molecule has 3 aromatic carbocycles. The lowest BCUT2D eigenvalue weighted by molar-refractivity contribution is 0.0929. The maximum Gasteiger partial charge on any atom is 0.307 e. The van der Waals surface area contributed by atoms with Crippen molar-refractivity contribution in [2.24, 2.45) is 5.10 Å². The van der Waals surface area contributed by atoms with E-state index in [4.69, 9.17) is 20.8 Å². The number of carbonyl (C=O) groups is 1. The van der Waals surface area contributed by atoms with Crippen molar-refractivity contribution in [2.45, 2.75) is 6.61 Å². The summed E-state index contributed by atoms with van der Waals surface area (Å²) in [6.07, 6.45) is 1.52. The van der Waals surface area contributed by atoms with Crippen LogP contribution in [0.2, 0.25) is 5.02 Å². The summed E-state index contributed by atoms with van der Waals surface area (Å²) in [5.74, 6) is 0.369. The number of furan rings is 1. The van der Waals surface area contributed by atoms with Crippen LogP contribution in [0.25, 0.3) is 11.0 Å². The molecule has 4 rings (SSSR count). The topological polar surface area (TPSA) is 63.8 Å². The first-order valence-corrected chi connectivity index (χ1v) is 10.2. The Labute approximate surface area is 186 Å². The van der Waals surface area contributed by atoms with Gasteiger partial charge in [-0.25, -0.2) is 5.43 Å². The molecule has 1 N–H and O–H groups in total. The van der Waals surface area contributed by atoms with Crippen LogP contribution in [0.3, 0.4) is 0 Å². The van der Waals surface area contributed by atoms with Gasteiger partial charge in [0, 0.05) is 26.0 Å². The van der Waals surface area contributed by atoms with Gasteiger partial charge in [0.15, 0.2) is 5.76 Å². The molecule has 150 valence electrons. The third-order valence-corrected chi connectivity index (χ3v) is 5.19. The summed E-state index contributed by atoms with van der Waals surface area (Å²) in [7, 11) is 0. The highest BCUT2D eigenvalue weighted by Gasteiger charge is 2.11. The van der Waals surface area contributed by atoms with Gasteiger partial charge < -0.3 is 9.15 Å². The molecule has 7 heteroatoms. The molecule has 0 spiro atoms. The number of halogens is 2. The number of carbonyl (C=O) groups excluding carboxylic acids is 1. The molecule has 30 heavy (non-hydrogen) atoms. The second-order valence-corrected chi connectivity index (χ2v) is 7.73. The van der Waals surface area contributed by atoms with Crippen LogP contribution < -0.4 is 10.2 Å². The van der Waals surface area contributed by atoms with E-state index in [1.54, 1.807) is 12.1 Å². The summed E-state index contributed by atoms with van der Waals surface area (Å²) in [6.45, 7) is 0.313. The fourth-order valence-electron chi connectivity index (χ4n) is 2.83. The fraction of sp³-hybridized carbons (Fsp3) is 0.0435. The van der Waals surface area contributed by atoms with Crippen molar-refractivity contribution in [3.05, 3.63) is 99.2 Å². The Morgan fingerprint density at radius 2 is 1.90 bits per heavy atom. The molecule has 0 fully saturated rings. The van der Waals surface area contributed by atoms with E-state index in [0.717, 1.165) is 15.4 Å². The highest BCUT2D eigenvalue weighted by Crippen LogP contribution is 2.24. The molecule has 0 saturated heterocycles. The van der Waals surface area contributed by atoms with Gasteiger partial charge >= 0.3 is 5.91 Å². The number of hydrogen-bond acceptors (Lipinski definition) is 4. The Bertz CT molecular complexity index is 1200. The fourth-order valence-corrected chi connectivity index (χ4v) is 3.40. The van der Waals surface area contributed by atoms with Crippen LogP contribution in [0.4, 0.5) is 0 Å². The summed E-state index contributed by atoms with van der Waals surface area (Å²) in [5.41, 5.74) is 4.70. The van der Waals surface area contributed by atoms with Crippen LogP contribution in [0, 0.1) is 0 Å². The Balaban J connectivity index is 1.46. The van der Waals surface area contributed by atoms with Gasteiger partial charge in [0.25, 0.3) is 0 Å². The van der Waals surface area contributed by atoms with Crippen molar-refractivity contribution in [3.63, 3.8) is 0 Å². The van der Waals surface area contributed by atoms with Crippen LogP contribution in [-0.2, 0) is 6.61 Å². The van der Waals surface area contributed by atoms with E-state index in [-0.39, 0.29) is 5.76 Å². The van der Waals surface area contributed by atoms with Crippen LogP contribution in [0.1, 0.15) is 21.7 Å². The smallest absolute Gasteiger partial charge is 0.307 e. The molecule has 0 aliphatic heterocycles. The number of fused-ring (bicyclic) bond motifs is 1. The number of hydrazone groups is 1. The molecule has 0 bridgehead atoms. The first-order chi connectivity index (χ1) is 14.6. The molecule has 0 radical (unpaired) electrons. The van der Waals surface area contributed by atoms with Gasteiger partial charge in [-0.05, 0) is 36.4 Å². The lowest BCUT2D eigenvalue weighted by Gasteiger charge is -2.10. The molecule has 0 unspecified atom stereocenters. The van der Waals surface area contributed by atoms with E-state index < -0.39 is 5.91 Å². The number of benzene rings is 3. The number of hydrogen-bond donors (Lipinski definition) is 1. The second-order valence-electron chi connectivity index (χ2n) is 6.41. The largest absolute Gasteiger partial charge is 0.488 e. The van der Waals surface area contributed by atoms with E-state index in [9.17, 15) is 4.79 Å². The molecule has 0 saturated carbocycles. The summed E-state index contributed by atoms with van der Waals surface area (Å²) in [4.78, 5) is 12.3. The first-order valence-electron chi connectivity index (χ1n) is 9.08. The van der Waals surface area contributed by atoms with Crippen LogP contribution >= 0.6 is 27.5 Å². The van der Waals surface area contributed by atoms with Crippen molar-refractivity contribution in [1.29, 1.82) is 0 Å². The minimum atomic E-state index is -0.434. The lowest BCUT2D eigenvalue weighted by atomic mass is 10.2. The summed E-state index contributed by atoms with van der Waals surface area (Å²) in [6, 6.07) is 22.1. The average Bonchev–Trinajstić information content (AvgIpc) is 3.19. The van der Waals surface area contributed by atoms with Crippen molar-refractivity contribution in [3.8, 4) is 5.75 Å². The van der Waals surface area contributed by atoms with Gasteiger partial charge in [0.1, 0.15) is 17.9 Å². The number of nitrogens with one attached hydrogen (secondary N) is 1. The van der Waals surface area contributed by atoms with Gasteiger partial charge in [0.2, 0.25) is 0 Å². The van der Waals surface area contributed by atoms with Gasteiger partial charge in [0.05, 0.1) is 6.21 Å². The van der Waals surface area contributed by atoms with Crippen molar-refractivity contribution < 1.29 is 13.9 Å². The molecular formula is C23H16BrClN2O3. The van der Waals surface area contributed by atoms with Crippen LogP contribution in [0.15, 0.2) is 86.8 Å². The summed E-state index contributed by atoms with van der Waals surface area (Å²) in [5, 5.41) is 5.55. The van der Waals surface area contributed by atoms with E-state index in [1.807, 2.05) is 60.7 Å². The van der Waals surface area contributed by atoms with Crippen LogP contribution in [-0.4, -0.2) is 12.1 Å². The highest BCUT2D eigenvalue weighted by atomic mass is 79.9. The van der Waals surface area contributed by atoms with Crippen LogP contribution in [0.5, 0.6) is 5.75 Å². The quantitative estimate of drug-likeness (QED) is 0.263. The monoisotopic (exact) mass is 482 g/mol. The Hall–Kier alpha value is -3.09. The third-order valence-electron chi connectivity index (χ3n) is 4.33. The van der Waals surface area contributed by atoms with E-state index in [2.05, 4.69) is 26.5 Å². The molecular weight excluding hydrogens is 468 g/mol. The van der Waals surface area contributed by atoms with Crippen molar-refractivity contribution in [1.82, 2.24) is 5.43 Å². The van der Waals surface area contributed by atoms with Gasteiger partial charge in [-0.15, -0.1) is 0 Å². The van der Waals surface area contributed by atoms with Crippen molar-refractivity contribution >= 4 is 50.6 Å². The maximum atomic E-state index is 12.3. The minimum Gasteiger partial charge on any atom is -0.488 e. The molecule has 1 aromatic heterocycles. The zero-order valence-electron chi connectivity index (χ0n) is 15.6. The summed E-state index contributed by atoms with van der Waals surface area (Å²) < 4.78 is 12.3. The predicted octanol–water partition coefficient (Wildman–Crippen LogP) is 6.19. The number of para-hydroxylation sites is 1. The normalized spacial score (nSPS) is 11.1. The van der Waals surface area contributed by atoms with Crippen molar-refractivity contribution in [2.75, 3.05) is 0 Å². The predicted molar refractivity (Wildman–Crippen MR) is 121 cm³/mol. The van der Waals surface area contributed by atoms with E-state index in [1.165, 1.54) is 6.21 Å². The zero-order chi connectivity index (χ0) is 20.9. The van der Waals surface area contributed by atoms with Gasteiger partial charge in [-0.1, -0.05) is 63.9 Å². The molecule has 0 atom stereocenters. The Morgan fingerprint density at radius 3 is 2.73 bits per heavy atom. The first kappa shape index (κ1) is 20.2. The Kier molecular flexibility index (Phi) is 6.16. The number of ether oxygens (including phenoxy) is 1. The minimum absolute atomic E-state index is 0.192. The average molecular weight is 484 g/mol. The number of nitrogens with zero attached hydrogens (tertiary/aromatic N) is 1. The van der Waals surface area contributed by atoms with Gasteiger partial charge in [-0.3, -0.25) is 4.79 Å². The number of rotatable bonds is 6. The second kappa shape index (κ2) is 9.15. The highest BCUT2D eigenvalue weighted by molar-refractivity contribution is 9.10. The molecule has 4 aromatic rings. The Morgan fingerprint density at radius 1 is 1.10 bits per heavy atom. The third kappa shape index (κ3) is 4.72. The molecule has 0 aliphatic rings. The van der Waals surface area contributed by atoms with Gasteiger partial charge in [-0.2, -0.15) is 5.10 Å². The molecule has 0 aliphatic carbocycles. The standard InChI is InChI=1S/C23H16BrClN2O3/c24-18-9-10-20(29-14-16-6-1-3-7-19(16)25)17(11-18)13-26-27-23(28)22-12-15-5-2-4-8-21(15)30-22/h1-13H,14H2,(H,27,28)/b26-13+. The maximum absolute atomic E-state index is 12.3. The zero-order valence-corrected chi connectivity index (χ0v) is 18.0. The SMILES string of the molecule is O=C(N/N=C/c1cc(Br)ccc1OCc1ccccc1Cl)c1cc2ccccc2o1. The lowest BCUT2D eigenvalue weighted by Crippen LogP contribution is -2.16.